The molecule has 0 radical (unpaired) electrons. The lowest BCUT2D eigenvalue weighted by atomic mass is 10.1. The molecule has 2 aliphatic rings. The van der Waals surface area contributed by atoms with E-state index in [9.17, 15) is 0 Å². The van der Waals surface area contributed by atoms with Crippen LogP contribution in [0.5, 0.6) is 11.5 Å². The Balaban J connectivity index is 1.30. The lowest BCUT2D eigenvalue weighted by Gasteiger charge is -2.36. The van der Waals surface area contributed by atoms with Crippen molar-refractivity contribution in [1.29, 1.82) is 0 Å². The van der Waals surface area contributed by atoms with E-state index < -0.39 is 0 Å². The second-order valence-electron chi connectivity index (χ2n) is 6.51. The Morgan fingerprint density at radius 3 is 2.63 bits per heavy atom. The third-order valence-electron chi connectivity index (χ3n) is 4.68. The van der Waals surface area contributed by atoms with Crippen LogP contribution in [0.15, 0.2) is 40.9 Å². The van der Waals surface area contributed by atoms with E-state index in [1.54, 1.807) is 0 Å². The van der Waals surface area contributed by atoms with Crippen molar-refractivity contribution < 1.29 is 9.47 Å². The van der Waals surface area contributed by atoms with E-state index >= 15 is 0 Å². The second-order valence-corrected chi connectivity index (χ2v) is 8.21. The van der Waals surface area contributed by atoms with Crippen molar-refractivity contribution in [3.05, 3.63) is 51.5 Å². The van der Waals surface area contributed by atoms with Gasteiger partial charge in [0, 0.05) is 37.2 Å². The number of thiocarbonyl (C=S) groups is 1. The van der Waals surface area contributed by atoms with Gasteiger partial charge in [-0.05, 0) is 48.1 Å². The summed E-state index contributed by atoms with van der Waals surface area (Å²) in [6.45, 7) is 4.86. The van der Waals surface area contributed by atoms with E-state index in [1.165, 1.54) is 5.56 Å². The van der Waals surface area contributed by atoms with Crippen molar-refractivity contribution in [1.82, 2.24) is 9.80 Å². The third kappa shape index (κ3) is 4.48. The molecule has 8 heteroatoms. The number of nitrogens with one attached hydrogen (secondary N) is 1. The third-order valence-corrected chi connectivity index (χ3v) is 5.84. The first kappa shape index (κ1) is 18.8. The number of ether oxygens (including phenoxy) is 2. The van der Waals surface area contributed by atoms with Crippen LogP contribution in [0.1, 0.15) is 5.56 Å². The summed E-state index contributed by atoms with van der Waals surface area (Å²) >= 11 is 15.2. The Bertz CT molecular complexity index is 859. The molecule has 1 saturated heterocycles. The van der Waals surface area contributed by atoms with Gasteiger partial charge in [-0.2, -0.15) is 0 Å². The van der Waals surface area contributed by atoms with Crippen molar-refractivity contribution in [2.45, 2.75) is 6.54 Å². The van der Waals surface area contributed by atoms with Crippen molar-refractivity contribution in [3.63, 3.8) is 0 Å². The van der Waals surface area contributed by atoms with Crippen LogP contribution in [-0.2, 0) is 6.54 Å². The molecule has 2 heterocycles. The van der Waals surface area contributed by atoms with Crippen molar-refractivity contribution in [2.75, 3.05) is 38.3 Å². The molecule has 0 atom stereocenters. The monoisotopic (exact) mass is 467 g/mol. The fourth-order valence-corrected chi connectivity index (χ4v) is 4.20. The van der Waals surface area contributed by atoms with Crippen LogP contribution < -0.4 is 14.8 Å². The lowest BCUT2D eigenvalue weighted by Crippen LogP contribution is -2.49. The molecule has 0 spiro atoms. The molecule has 27 heavy (non-hydrogen) atoms. The highest BCUT2D eigenvalue weighted by molar-refractivity contribution is 9.10. The standard InChI is InChI=1S/C19H19BrClN3O2S/c20-14-2-3-16(15(21)10-14)22-19(27)24-7-5-23(6-8-24)11-13-1-4-17-18(9-13)26-12-25-17/h1-4,9-10H,5-8,11-12H2,(H,22,27). The molecule has 0 amide bonds. The molecule has 4 rings (SSSR count). The summed E-state index contributed by atoms with van der Waals surface area (Å²) in [7, 11) is 0. The lowest BCUT2D eigenvalue weighted by molar-refractivity contribution is 0.173. The summed E-state index contributed by atoms with van der Waals surface area (Å²) in [6.07, 6.45) is 0. The molecular formula is C19H19BrClN3O2S. The molecule has 5 nitrogen and oxygen atoms in total. The summed E-state index contributed by atoms with van der Waals surface area (Å²) in [4.78, 5) is 4.60. The summed E-state index contributed by atoms with van der Waals surface area (Å²) in [6, 6.07) is 11.9. The van der Waals surface area contributed by atoms with Crippen LogP contribution in [-0.4, -0.2) is 47.9 Å². The minimum atomic E-state index is 0.310. The van der Waals surface area contributed by atoms with E-state index in [1.807, 2.05) is 24.3 Å². The topological polar surface area (TPSA) is 37.0 Å². The van der Waals surface area contributed by atoms with Crippen LogP contribution in [0.25, 0.3) is 0 Å². The average molecular weight is 469 g/mol. The van der Waals surface area contributed by atoms with Gasteiger partial charge in [-0.25, -0.2) is 0 Å². The summed E-state index contributed by atoms with van der Waals surface area (Å²) in [5, 5.41) is 4.61. The number of hydrogen-bond acceptors (Lipinski definition) is 4. The number of hydrogen-bond donors (Lipinski definition) is 1. The predicted molar refractivity (Wildman–Crippen MR) is 115 cm³/mol. The van der Waals surface area contributed by atoms with Crippen LogP contribution in [0.3, 0.4) is 0 Å². The predicted octanol–water partition coefficient (Wildman–Crippen LogP) is 4.35. The fraction of sp³-hybridized carbons (Fsp3) is 0.316. The molecule has 0 aromatic heterocycles. The number of halogens is 2. The van der Waals surface area contributed by atoms with E-state index in [4.69, 9.17) is 33.3 Å². The van der Waals surface area contributed by atoms with E-state index in [0.29, 0.717) is 16.9 Å². The maximum atomic E-state index is 6.27. The quantitative estimate of drug-likeness (QED) is 0.675. The number of nitrogens with zero attached hydrogens (tertiary/aromatic N) is 2. The maximum Gasteiger partial charge on any atom is 0.231 e. The number of benzene rings is 2. The van der Waals surface area contributed by atoms with E-state index in [-0.39, 0.29) is 0 Å². The van der Waals surface area contributed by atoms with Crippen LogP contribution >= 0.6 is 39.7 Å². The Morgan fingerprint density at radius 2 is 1.85 bits per heavy atom. The minimum absolute atomic E-state index is 0.310. The first-order valence-electron chi connectivity index (χ1n) is 8.70. The van der Waals surface area contributed by atoms with Gasteiger partial charge in [0.15, 0.2) is 16.6 Å². The van der Waals surface area contributed by atoms with Gasteiger partial charge in [0.1, 0.15) is 0 Å². The maximum absolute atomic E-state index is 6.27. The van der Waals surface area contributed by atoms with Gasteiger partial charge in [0.2, 0.25) is 6.79 Å². The molecule has 0 saturated carbocycles. The largest absolute Gasteiger partial charge is 0.454 e. The number of rotatable bonds is 3. The van der Waals surface area contributed by atoms with E-state index in [2.05, 4.69) is 43.2 Å². The molecule has 1 N–H and O–H groups in total. The molecule has 0 aliphatic carbocycles. The summed E-state index contributed by atoms with van der Waals surface area (Å²) in [5.41, 5.74) is 2.06. The molecule has 142 valence electrons. The Morgan fingerprint density at radius 1 is 1.07 bits per heavy atom. The average Bonchev–Trinajstić information content (AvgIpc) is 3.12. The fourth-order valence-electron chi connectivity index (χ4n) is 3.19. The van der Waals surface area contributed by atoms with E-state index in [0.717, 1.165) is 54.4 Å². The first-order valence-corrected chi connectivity index (χ1v) is 10.3. The van der Waals surface area contributed by atoms with Crippen LogP contribution in [0.2, 0.25) is 5.02 Å². The highest BCUT2D eigenvalue weighted by atomic mass is 79.9. The van der Waals surface area contributed by atoms with Gasteiger partial charge < -0.3 is 19.7 Å². The molecule has 0 unspecified atom stereocenters. The molecule has 1 fully saturated rings. The SMILES string of the molecule is S=C(Nc1ccc(Br)cc1Cl)N1CCN(Cc2ccc3c(c2)OCO3)CC1. The van der Waals surface area contributed by atoms with Gasteiger partial charge in [0.05, 0.1) is 10.7 Å². The first-order chi connectivity index (χ1) is 13.1. The highest BCUT2D eigenvalue weighted by Gasteiger charge is 2.20. The molecule has 2 aromatic rings. The molecule has 0 bridgehead atoms. The van der Waals surface area contributed by atoms with Crippen molar-refractivity contribution >= 4 is 50.5 Å². The second kappa shape index (κ2) is 8.22. The smallest absolute Gasteiger partial charge is 0.231 e. The Kier molecular flexibility index (Phi) is 5.73. The Labute approximate surface area is 177 Å². The van der Waals surface area contributed by atoms with Crippen LogP contribution in [0.4, 0.5) is 5.69 Å². The summed E-state index contributed by atoms with van der Waals surface area (Å²) in [5.74, 6) is 1.66. The zero-order valence-electron chi connectivity index (χ0n) is 14.6. The van der Waals surface area contributed by atoms with Gasteiger partial charge >= 0.3 is 0 Å². The zero-order chi connectivity index (χ0) is 18.8. The Hall–Kier alpha value is -1.54. The van der Waals surface area contributed by atoms with Crippen molar-refractivity contribution in [2.24, 2.45) is 0 Å². The number of anilines is 1. The summed E-state index contributed by atoms with van der Waals surface area (Å²) < 4.78 is 11.8. The van der Waals surface area contributed by atoms with Crippen LogP contribution in [0, 0.1) is 0 Å². The number of piperazine rings is 1. The molecular weight excluding hydrogens is 450 g/mol. The van der Waals surface area contributed by atoms with Crippen molar-refractivity contribution in [3.8, 4) is 11.5 Å². The van der Waals surface area contributed by atoms with Gasteiger partial charge in [-0.15, -0.1) is 0 Å². The number of fused-ring (bicyclic) bond motifs is 1. The normalized spacial score (nSPS) is 16.4. The minimum Gasteiger partial charge on any atom is -0.454 e. The van der Waals surface area contributed by atoms with Gasteiger partial charge in [0.25, 0.3) is 0 Å². The molecule has 2 aromatic carbocycles. The zero-order valence-corrected chi connectivity index (χ0v) is 17.7. The molecule has 2 aliphatic heterocycles. The van der Waals surface area contributed by atoms with Gasteiger partial charge in [-0.3, -0.25) is 4.90 Å². The van der Waals surface area contributed by atoms with Gasteiger partial charge in [-0.1, -0.05) is 33.6 Å². The highest BCUT2D eigenvalue weighted by Crippen LogP contribution is 2.33.